The zero-order chi connectivity index (χ0) is 15.7. The summed E-state index contributed by atoms with van der Waals surface area (Å²) in [4.78, 5) is 10.2. The van der Waals surface area contributed by atoms with Crippen LogP contribution in [0.1, 0.15) is 0 Å². The Morgan fingerprint density at radius 3 is 2.76 bits per heavy atom. The molecule has 0 heterocycles. The van der Waals surface area contributed by atoms with E-state index in [1.165, 1.54) is 25.3 Å². The standard InChI is InChI=1S/C13H20N2O6/c1-19-6-5-14-8-11(16)9-21-13-7-10(15(17)18)3-4-12(13)20-2/h3-4,7,11,14,16H,5-6,8-9H2,1-2H3. The van der Waals surface area contributed by atoms with Crippen molar-refractivity contribution in [1.29, 1.82) is 0 Å². The lowest BCUT2D eigenvalue weighted by molar-refractivity contribution is -0.385. The van der Waals surface area contributed by atoms with Gasteiger partial charge in [0, 0.05) is 26.3 Å². The molecule has 1 aromatic rings. The summed E-state index contributed by atoms with van der Waals surface area (Å²) >= 11 is 0. The maximum atomic E-state index is 10.7. The van der Waals surface area contributed by atoms with E-state index in [0.29, 0.717) is 25.4 Å². The Kier molecular flexibility index (Phi) is 7.44. The van der Waals surface area contributed by atoms with Crippen LogP contribution in [-0.4, -0.2) is 56.7 Å². The third kappa shape index (κ3) is 5.94. The molecule has 0 saturated heterocycles. The van der Waals surface area contributed by atoms with E-state index >= 15 is 0 Å². The number of aliphatic hydroxyl groups excluding tert-OH is 1. The highest BCUT2D eigenvalue weighted by atomic mass is 16.6. The molecule has 8 nitrogen and oxygen atoms in total. The Hall–Kier alpha value is -1.90. The number of methoxy groups -OCH3 is 2. The fourth-order valence-electron chi connectivity index (χ4n) is 1.58. The predicted molar refractivity (Wildman–Crippen MR) is 75.9 cm³/mol. The average Bonchev–Trinajstić information content (AvgIpc) is 2.49. The lowest BCUT2D eigenvalue weighted by Crippen LogP contribution is -2.33. The summed E-state index contributed by atoms with van der Waals surface area (Å²) in [7, 11) is 3.03. The first-order valence-corrected chi connectivity index (χ1v) is 6.41. The summed E-state index contributed by atoms with van der Waals surface area (Å²) < 4.78 is 15.3. The van der Waals surface area contributed by atoms with E-state index in [4.69, 9.17) is 14.2 Å². The van der Waals surface area contributed by atoms with Gasteiger partial charge < -0.3 is 24.6 Å². The highest BCUT2D eigenvalue weighted by Crippen LogP contribution is 2.31. The van der Waals surface area contributed by atoms with Crippen LogP contribution in [0, 0.1) is 10.1 Å². The highest BCUT2D eigenvalue weighted by molar-refractivity contribution is 5.48. The van der Waals surface area contributed by atoms with Crippen LogP contribution in [-0.2, 0) is 4.74 Å². The number of rotatable bonds is 10. The number of nitrogens with zero attached hydrogens (tertiary/aromatic N) is 1. The van der Waals surface area contributed by atoms with Crippen molar-refractivity contribution < 1.29 is 24.2 Å². The van der Waals surface area contributed by atoms with E-state index in [-0.39, 0.29) is 18.0 Å². The molecule has 1 rings (SSSR count). The van der Waals surface area contributed by atoms with Gasteiger partial charge in [-0.3, -0.25) is 10.1 Å². The second kappa shape index (κ2) is 9.11. The summed E-state index contributed by atoms with van der Waals surface area (Å²) in [5.41, 5.74) is -0.0986. The third-order valence-electron chi connectivity index (χ3n) is 2.65. The molecule has 0 radical (unpaired) electrons. The first-order valence-electron chi connectivity index (χ1n) is 6.41. The summed E-state index contributed by atoms with van der Waals surface area (Å²) in [6.45, 7) is 1.50. The second-order valence-corrected chi connectivity index (χ2v) is 4.25. The molecule has 1 aromatic carbocycles. The largest absolute Gasteiger partial charge is 0.493 e. The van der Waals surface area contributed by atoms with Gasteiger partial charge in [-0.15, -0.1) is 0 Å². The normalized spacial score (nSPS) is 12.0. The molecule has 1 atom stereocenters. The average molecular weight is 300 g/mol. The van der Waals surface area contributed by atoms with Gasteiger partial charge in [-0.25, -0.2) is 0 Å². The van der Waals surface area contributed by atoms with Crippen LogP contribution < -0.4 is 14.8 Å². The predicted octanol–water partition coefficient (Wildman–Crippen LogP) is 0.579. The number of nitro groups is 1. The minimum absolute atomic E-state index is 0.00247. The van der Waals surface area contributed by atoms with Crippen LogP contribution in [0.25, 0.3) is 0 Å². The van der Waals surface area contributed by atoms with Crippen LogP contribution in [0.4, 0.5) is 5.69 Å². The van der Waals surface area contributed by atoms with Crippen molar-refractivity contribution in [1.82, 2.24) is 5.32 Å². The van der Waals surface area contributed by atoms with Crippen molar-refractivity contribution >= 4 is 5.69 Å². The van der Waals surface area contributed by atoms with Crippen LogP contribution >= 0.6 is 0 Å². The Morgan fingerprint density at radius 2 is 2.14 bits per heavy atom. The molecular formula is C13H20N2O6. The molecule has 0 amide bonds. The lowest BCUT2D eigenvalue weighted by atomic mass is 10.3. The number of aliphatic hydroxyl groups is 1. The fourth-order valence-corrected chi connectivity index (χ4v) is 1.58. The van der Waals surface area contributed by atoms with Crippen molar-refractivity contribution in [3.63, 3.8) is 0 Å². The van der Waals surface area contributed by atoms with E-state index in [1.54, 1.807) is 7.11 Å². The first-order chi connectivity index (χ1) is 10.1. The Balaban J connectivity index is 2.53. The van der Waals surface area contributed by atoms with Gasteiger partial charge in [0.2, 0.25) is 0 Å². The van der Waals surface area contributed by atoms with Gasteiger partial charge in [-0.1, -0.05) is 0 Å². The highest BCUT2D eigenvalue weighted by Gasteiger charge is 2.14. The zero-order valence-corrected chi connectivity index (χ0v) is 12.1. The molecule has 0 aromatic heterocycles. The monoisotopic (exact) mass is 300 g/mol. The number of benzene rings is 1. The molecule has 0 saturated carbocycles. The maximum Gasteiger partial charge on any atom is 0.273 e. The topological polar surface area (TPSA) is 103 Å². The quantitative estimate of drug-likeness (QED) is 0.370. The summed E-state index contributed by atoms with van der Waals surface area (Å²) in [6, 6.07) is 4.05. The van der Waals surface area contributed by atoms with E-state index in [9.17, 15) is 15.2 Å². The molecule has 0 aliphatic heterocycles. The summed E-state index contributed by atoms with van der Waals surface area (Å²) in [6.07, 6.45) is -0.745. The van der Waals surface area contributed by atoms with Gasteiger partial charge in [0.1, 0.15) is 12.7 Å². The number of nitrogens with one attached hydrogen (secondary N) is 1. The van der Waals surface area contributed by atoms with Crippen LogP contribution in [0.2, 0.25) is 0 Å². The van der Waals surface area contributed by atoms with Crippen molar-refractivity contribution in [3.05, 3.63) is 28.3 Å². The molecule has 0 aliphatic rings. The lowest BCUT2D eigenvalue weighted by Gasteiger charge is -2.14. The van der Waals surface area contributed by atoms with Crippen LogP contribution in [0.3, 0.4) is 0 Å². The Bertz CT molecular complexity index is 454. The van der Waals surface area contributed by atoms with Gasteiger partial charge >= 0.3 is 0 Å². The van der Waals surface area contributed by atoms with E-state index in [1.807, 2.05) is 0 Å². The molecule has 21 heavy (non-hydrogen) atoms. The van der Waals surface area contributed by atoms with Gasteiger partial charge in [0.05, 0.1) is 24.7 Å². The molecule has 0 bridgehead atoms. The molecular weight excluding hydrogens is 280 g/mol. The Labute approximate surface area is 122 Å². The minimum Gasteiger partial charge on any atom is -0.493 e. The molecule has 0 aliphatic carbocycles. The minimum atomic E-state index is -0.745. The number of non-ortho nitro benzene ring substituents is 1. The summed E-state index contributed by atoms with van der Waals surface area (Å²) in [5.74, 6) is 0.600. The van der Waals surface area contributed by atoms with Crippen molar-refractivity contribution in [2.24, 2.45) is 0 Å². The van der Waals surface area contributed by atoms with Gasteiger partial charge in [0.15, 0.2) is 11.5 Å². The van der Waals surface area contributed by atoms with Crippen LogP contribution in [0.15, 0.2) is 18.2 Å². The molecule has 1 unspecified atom stereocenters. The Morgan fingerprint density at radius 1 is 1.38 bits per heavy atom. The number of hydrogen-bond donors (Lipinski definition) is 2. The molecule has 0 fully saturated rings. The smallest absolute Gasteiger partial charge is 0.273 e. The first kappa shape index (κ1) is 17.2. The van der Waals surface area contributed by atoms with Crippen molar-refractivity contribution in [2.75, 3.05) is 40.5 Å². The molecule has 8 heteroatoms. The fraction of sp³-hybridized carbons (Fsp3) is 0.538. The molecule has 118 valence electrons. The molecule has 2 N–H and O–H groups in total. The third-order valence-corrected chi connectivity index (χ3v) is 2.65. The van der Waals surface area contributed by atoms with E-state index in [2.05, 4.69) is 5.32 Å². The SMILES string of the molecule is COCCNCC(O)COc1cc([N+](=O)[O-])ccc1OC. The van der Waals surface area contributed by atoms with Gasteiger partial charge in [-0.2, -0.15) is 0 Å². The number of nitro benzene ring substituents is 1. The van der Waals surface area contributed by atoms with Crippen molar-refractivity contribution in [2.45, 2.75) is 6.10 Å². The van der Waals surface area contributed by atoms with E-state index < -0.39 is 11.0 Å². The maximum absolute atomic E-state index is 10.7. The van der Waals surface area contributed by atoms with Crippen molar-refractivity contribution in [3.8, 4) is 11.5 Å². The van der Waals surface area contributed by atoms with E-state index in [0.717, 1.165) is 0 Å². The summed E-state index contributed by atoms with van der Waals surface area (Å²) in [5, 5.41) is 23.5. The molecule has 0 spiro atoms. The zero-order valence-electron chi connectivity index (χ0n) is 12.1. The van der Waals surface area contributed by atoms with Gasteiger partial charge in [0.25, 0.3) is 5.69 Å². The number of hydrogen-bond acceptors (Lipinski definition) is 7. The number of ether oxygens (including phenoxy) is 3. The second-order valence-electron chi connectivity index (χ2n) is 4.25. The van der Waals surface area contributed by atoms with Crippen LogP contribution in [0.5, 0.6) is 11.5 Å². The van der Waals surface area contributed by atoms with Gasteiger partial charge in [-0.05, 0) is 6.07 Å².